The number of rotatable bonds is 9. The van der Waals surface area contributed by atoms with E-state index < -0.39 is 0 Å². The van der Waals surface area contributed by atoms with Crippen LogP contribution in [0.2, 0.25) is 0 Å². The SMILES string of the molecule is O=c1cccc2c1c(O)c1c(NCCN3CCOCC3)ccc3c(CNCCN4CCOCC4)nn2c31. The predicted molar refractivity (Wildman–Crippen MR) is 144 cm³/mol. The Bertz CT molecular complexity index is 1430. The van der Waals surface area contributed by atoms with Crippen molar-refractivity contribution in [2.45, 2.75) is 6.54 Å². The van der Waals surface area contributed by atoms with Crippen LogP contribution in [0, 0.1) is 0 Å². The van der Waals surface area contributed by atoms with Gasteiger partial charge in [0.05, 0.1) is 53.9 Å². The highest BCUT2D eigenvalue weighted by molar-refractivity contribution is 6.13. The second-order valence-electron chi connectivity index (χ2n) is 9.75. The van der Waals surface area contributed by atoms with Crippen LogP contribution in [0.3, 0.4) is 0 Å². The maximum Gasteiger partial charge on any atom is 0.191 e. The molecule has 2 saturated heterocycles. The highest BCUT2D eigenvalue weighted by Crippen LogP contribution is 2.40. The fraction of sp³-hybridized carbons (Fsp3) is 0.481. The van der Waals surface area contributed by atoms with Gasteiger partial charge in [-0.25, -0.2) is 4.52 Å². The Morgan fingerprint density at radius 2 is 1.59 bits per heavy atom. The molecule has 3 N–H and O–H groups in total. The molecule has 2 aromatic heterocycles. The monoisotopic (exact) mass is 506 g/mol. The van der Waals surface area contributed by atoms with Crippen LogP contribution in [-0.4, -0.2) is 103 Å². The molecular formula is C27H34N6O4. The van der Waals surface area contributed by atoms with E-state index in [1.165, 1.54) is 6.07 Å². The van der Waals surface area contributed by atoms with Crippen molar-refractivity contribution in [3.05, 3.63) is 46.2 Å². The topological polar surface area (TPSA) is 104 Å². The Balaban J connectivity index is 1.30. The van der Waals surface area contributed by atoms with Crippen molar-refractivity contribution < 1.29 is 14.6 Å². The minimum absolute atomic E-state index is 0.0132. The maximum absolute atomic E-state index is 12.8. The van der Waals surface area contributed by atoms with Gasteiger partial charge in [-0.2, -0.15) is 5.10 Å². The number of hydrogen-bond donors (Lipinski definition) is 3. The normalized spacial score (nSPS) is 17.8. The van der Waals surface area contributed by atoms with Crippen molar-refractivity contribution in [1.82, 2.24) is 24.7 Å². The van der Waals surface area contributed by atoms with Gasteiger partial charge in [0.25, 0.3) is 0 Å². The van der Waals surface area contributed by atoms with Crippen LogP contribution in [0.5, 0.6) is 5.75 Å². The molecule has 0 unspecified atom stereocenters. The fourth-order valence-corrected chi connectivity index (χ4v) is 5.46. The molecule has 37 heavy (non-hydrogen) atoms. The molecule has 2 aliphatic rings. The molecule has 6 rings (SSSR count). The van der Waals surface area contributed by atoms with Gasteiger partial charge in [0, 0.05) is 70.0 Å². The summed E-state index contributed by atoms with van der Waals surface area (Å²) in [5.41, 5.74) is 2.94. The van der Waals surface area contributed by atoms with Gasteiger partial charge in [-0.15, -0.1) is 0 Å². The Labute approximate surface area is 215 Å². The van der Waals surface area contributed by atoms with Gasteiger partial charge in [0.15, 0.2) is 5.43 Å². The number of hydrogen-bond acceptors (Lipinski definition) is 9. The molecule has 2 aliphatic heterocycles. The molecule has 10 nitrogen and oxygen atoms in total. The maximum atomic E-state index is 12.8. The van der Waals surface area contributed by atoms with Crippen molar-refractivity contribution in [3.63, 3.8) is 0 Å². The molecule has 0 radical (unpaired) electrons. The molecule has 0 spiro atoms. The van der Waals surface area contributed by atoms with Crippen LogP contribution in [0.25, 0.3) is 27.2 Å². The highest BCUT2D eigenvalue weighted by Gasteiger charge is 2.22. The number of nitrogens with one attached hydrogen (secondary N) is 2. The van der Waals surface area contributed by atoms with Crippen LogP contribution < -0.4 is 16.1 Å². The van der Waals surface area contributed by atoms with Crippen molar-refractivity contribution >= 4 is 32.9 Å². The predicted octanol–water partition coefficient (Wildman–Crippen LogP) is 1.31. The average molecular weight is 507 g/mol. The van der Waals surface area contributed by atoms with Crippen molar-refractivity contribution in [2.24, 2.45) is 0 Å². The Morgan fingerprint density at radius 1 is 0.892 bits per heavy atom. The first-order valence-corrected chi connectivity index (χ1v) is 13.2. The lowest BCUT2D eigenvalue weighted by Gasteiger charge is -2.26. The second-order valence-corrected chi connectivity index (χ2v) is 9.75. The van der Waals surface area contributed by atoms with Gasteiger partial charge in [0.1, 0.15) is 5.75 Å². The zero-order valence-electron chi connectivity index (χ0n) is 21.0. The third kappa shape index (κ3) is 4.83. The third-order valence-corrected chi connectivity index (χ3v) is 7.48. The number of fused-ring (bicyclic) bond motifs is 2. The molecule has 4 aromatic rings. The molecule has 4 heterocycles. The molecule has 10 heteroatoms. The minimum atomic E-state index is -0.211. The van der Waals surface area contributed by atoms with Crippen LogP contribution in [0.1, 0.15) is 5.69 Å². The van der Waals surface area contributed by atoms with Crippen LogP contribution in [0.15, 0.2) is 35.1 Å². The van der Waals surface area contributed by atoms with Gasteiger partial charge in [-0.3, -0.25) is 14.6 Å². The number of anilines is 1. The number of ether oxygens (including phenoxy) is 2. The van der Waals surface area contributed by atoms with Crippen LogP contribution in [0.4, 0.5) is 5.69 Å². The van der Waals surface area contributed by atoms with E-state index in [-0.39, 0.29) is 11.2 Å². The Kier molecular flexibility index (Phi) is 7.08. The summed E-state index contributed by atoms with van der Waals surface area (Å²) in [6.07, 6.45) is 0. The quantitative estimate of drug-likeness (QED) is 0.229. The first-order chi connectivity index (χ1) is 18.2. The van der Waals surface area contributed by atoms with Crippen molar-refractivity contribution in [1.29, 1.82) is 0 Å². The van der Waals surface area contributed by atoms with Crippen molar-refractivity contribution in [3.8, 4) is 5.75 Å². The highest BCUT2D eigenvalue weighted by atomic mass is 16.5. The largest absolute Gasteiger partial charge is 0.506 e. The number of morpholine rings is 2. The van der Waals surface area contributed by atoms with E-state index in [0.29, 0.717) is 22.8 Å². The van der Waals surface area contributed by atoms with Gasteiger partial charge in [0.2, 0.25) is 0 Å². The third-order valence-electron chi connectivity index (χ3n) is 7.48. The van der Waals surface area contributed by atoms with E-state index >= 15 is 0 Å². The lowest BCUT2D eigenvalue weighted by molar-refractivity contribution is 0.0384. The van der Waals surface area contributed by atoms with Gasteiger partial charge >= 0.3 is 0 Å². The number of aromatic hydroxyl groups is 1. The summed E-state index contributed by atoms with van der Waals surface area (Å²) >= 11 is 0. The molecule has 0 atom stereocenters. The fourth-order valence-electron chi connectivity index (χ4n) is 5.46. The first-order valence-electron chi connectivity index (χ1n) is 13.2. The van der Waals surface area contributed by atoms with E-state index in [1.54, 1.807) is 6.07 Å². The number of nitrogens with zero attached hydrogens (tertiary/aromatic N) is 4. The summed E-state index contributed by atoms with van der Waals surface area (Å²) in [5, 5.41) is 25.3. The van der Waals surface area contributed by atoms with Gasteiger partial charge < -0.3 is 25.2 Å². The Morgan fingerprint density at radius 3 is 2.32 bits per heavy atom. The summed E-state index contributed by atoms with van der Waals surface area (Å²) < 4.78 is 12.7. The zero-order valence-corrected chi connectivity index (χ0v) is 21.0. The minimum Gasteiger partial charge on any atom is -0.506 e. The summed E-state index contributed by atoms with van der Waals surface area (Å²) in [6, 6.07) is 9.12. The Hall–Kier alpha value is -3.02. The summed E-state index contributed by atoms with van der Waals surface area (Å²) in [7, 11) is 0. The zero-order chi connectivity index (χ0) is 25.2. The molecule has 0 amide bonds. The molecule has 0 aliphatic carbocycles. The molecule has 2 fully saturated rings. The summed E-state index contributed by atoms with van der Waals surface area (Å²) in [4.78, 5) is 17.6. The lowest BCUT2D eigenvalue weighted by Crippen LogP contribution is -2.40. The molecule has 0 saturated carbocycles. The van der Waals surface area contributed by atoms with Crippen LogP contribution >= 0.6 is 0 Å². The van der Waals surface area contributed by atoms with Gasteiger partial charge in [-0.1, -0.05) is 6.07 Å². The van der Waals surface area contributed by atoms with E-state index in [9.17, 15) is 9.90 Å². The lowest BCUT2D eigenvalue weighted by atomic mass is 10.0. The van der Waals surface area contributed by atoms with E-state index in [1.807, 2.05) is 16.6 Å². The van der Waals surface area contributed by atoms with Crippen molar-refractivity contribution in [2.75, 3.05) is 84.1 Å². The number of aromatic nitrogens is 2. The number of pyridine rings is 1. The standard InChI is InChI=1S/C27H34N6O4/c34-23-3-1-2-22-25(23)27(35)24-20(29-7-9-32-12-16-37-17-13-32)5-4-19-21(30-33(22)26(19)24)18-28-6-8-31-10-14-36-15-11-31/h1-5,28-29,35H,6-18H2. The molecule has 196 valence electrons. The smallest absolute Gasteiger partial charge is 0.191 e. The first kappa shape index (κ1) is 24.3. The second kappa shape index (κ2) is 10.8. The molecular weight excluding hydrogens is 472 g/mol. The van der Waals surface area contributed by atoms with E-state index in [0.717, 1.165) is 101 Å². The van der Waals surface area contributed by atoms with Crippen LogP contribution in [-0.2, 0) is 16.0 Å². The number of benzene rings is 2. The molecule has 2 aromatic carbocycles. The molecule has 0 bridgehead atoms. The summed E-state index contributed by atoms with van der Waals surface area (Å²) in [5.74, 6) is 0.0132. The van der Waals surface area contributed by atoms with Gasteiger partial charge in [-0.05, 0) is 24.3 Å². The van der Waals surface area contributed by atoms with E-state index in [2.05, 4.69) is 26.5 Å². The van der Waals surface area contributed by atoms with E-state index in [4.69, 9.17) is 14.6 Å². The average Bonchev–Trinajstić information content (AvgIpc) is 3.30. The summed E-state index contributed by atoms with van der Waals surface area (Å²) in [6.45, 7) is 10.9.